The highest BCUT2D eigenvalue weighted by Crippen LogP contribution is 2.20. The van der Waals surface area contributed by atoms with Crippen molar-refractivity contribution >= 4 is 0 Å². The summed E-state index contributed by atoms with van der Waals surface area (Å²) in [6, 6.07) is 8.55. The highest BCUT2D eigenvalue weighted by molar-refractivity contribution is 5.25. The van der Waals surface area contributed by atoms with Gasteiger partial charge in [-0.15, -0.1) is 0 Å². The second-order valence-corrected chi connectivity index (χ2v) is 5.22. The first-order valence-corrected chi connectivity index (χ1v) is 6.55. The van der Waals surface area contributed by atoms with Crippen LogP contribution in [-0.2, 0) is 11.2 Å². The molecule has 1 saturated heterocycles. The van der Waals surface area contributed by atoms with E-state index in [0.717, 1.165) is 19.4 Å². The van der Waals surface area contributed by atoms with Gasteiger partial charge in [0.25, 0.3) is 0 Å². The van der Waals surface area contributed by atoms with Crippen LogP contribution in [0.3, 0.4) is 0 Å². The normalized spacial score (nSPS) is 22.0. The summed E-state index contributed by atoms with van der Waals surface area (Å²) in [6.45, 7) is 5.18. The minimum atomic E-state index is -0.359. The number of hydrogen-bond donors (Lipinski definition) is 1. The lowest BCUT2D eigenvalue weighted by atomic mass is 9.98. The molecule has 1 aromatic rings. The van der Waals surface area contributed by atoms with Crippen LogP contribution in [-0.4, -0.2) is 23.9 Å². The molecule has 2 atom stereocenters. The van der Waals surface area contributed by atoms with Crippen LogP contribution >= 0.6 is 0 Å². The molecular weight excluding hydrogens is 212 g/mol. The lowest BCUT2D eigenvalue weighted by Gasteiger charge is -2.17. The number of aliphatic hydroxyl groups is 1. The van der Waals surface area contributed by atoms with Gasteiger partial charge >= 0.3 is 0 Å². The summed E-state index contributed by atoms with van der Waals surface area (Å²) in [4.78, 5) is 0. The quantitative estimate of drug-likeness (QED) is 0.868. The second kappa shape index (κ2) is 5.65. The topological polar surface area (TPSA) is 29.5 Å². The number of benzene rings is 1. The third kappa shape index (κ3) is 3.30. The highest BCUT2D eigenvalue weighted by Gasteiger charge is 2.23. The molecule has 0 bridgehead atoms. The molecular formula is C15H22O2. The fourth-order valence-corrected chi connectivity index (χ4v) is 2.32. The van der Waals surface area contributed by atoms with Crippen LogP contribution in [0.4, 0.5) is 0 Å². The Morgan fingerprint density at radius 3 is 2.53 bits per heavy atom. The second-order valence-electron chi connectivity index (χ2n) is 5.22. The predicted molar refractivity (Wildman–Crippen MR) is 69.2 cm³/mol. The van der Waals surface area contributed by atoms with Crippen molar-refractivity contribution in [2.45, 2.75) is 51.2 Å². The van der Waals surface area contributed by atoms with Crippen molar-refractivity contribution in [3.63, 3.8) is 0 Å². The third-order valence-electron chi connectivity index (χ3n) is 3.49. The van der Waals surface area contributed by atoms with Gasteiger partial charge in [-0.3, -0.25) is 0 Å². The first-order valence-electron chi connectivity index (χ1n) is 6.55. The van der Waals surface area contributed by atoms with E-state index >= 15 is 0 Å². The zero-order valence-corrected chi connectivity index (χ0v) is 10.7. The number of rotatable bonds is 4. The molecule has 0 spiro atoms. The van der Waals surface area contributed by atoms with Crippen LogP contribution in [0.25, 0.3) is 0 Å². The van der Waals surface area contributed by atoms with Gasteiger partial charge in [0.15, 0.2) is 0 Å². The van der Waals surface area contributed by atoms with Crippen molar-refractivity contribution in [2.75, 3.05) is 6.61 Å². The molecule has 17 heavy (non-hydrogen) atoms. The maximum absolute atomic E-state index is 10.1. The van der Waals surface area contributed by atoms with E-state index in [4.69, 9.17) is 4.74 Å². The molecule has 2 unspecified atom stereocenters. The smallest absolute Gasteiger partial charge is 0.0842 e. The summed E-state index contributed by atoms with van der Waals surface area (Å²) >= 11 is 0. The average molecular weight is 234 g/mol. The first-order chi connectivity index (χ1) is 8.16. The van der Waals surface area contributed by atoms with Crippen LogP contribution in [0.2, 0.25) is 0 Å². The van der Waals surface area contributed by atoms with Crippen LogP contribution < -0.4 is 0 Å². The molecule has 1 fully saturated rings. The molecule has 2 nitrogen and oxygen atoms in total. The monoisotopic (exact) mass is 234 g/mol. The van der Waals surface area contributed by atoms with Crippen molar-refractivity contribution in [1.82, 2.24) is 0 Å². The van der Waals surface area contributed by atoms with Gasteiger partial charge in [-0.25, -0.2) is 0 Å². The van der Waals surface area contributed by atoms with Gasteiger partial charge < -0.3 is 9.84 Å². The van der Waals surface area contributed by atoms with Gasteiger partial charge in [0.05, 0.1) is 12.2 Å². The molecule has 2 rings (SSSR count). The van der Waals surface area contributed by atoms with Crippen molar-refractivity contribution in [3.05, 3.63) is 35.4 Å². The summed E-state index contributed by atoms with van der Waals surface area (Å²) < 4.78 is 5.50. The molecule has 94 valence electrons. The minimum Gasteiger partial charge on any atom is -0.390 e. The molecule has 1 aliphatic rings. The third-order valence-corrected chi connectivity index (χ3v) is 3.49. The van der Waals surface area contributed by atoms with Gasteiger partial charge in [0.1, 0.15) is 0 Å². The average Bonchev–Trinajstić information content (AvgIpc) is 2.83. The Morgan fingerprint density at radius 2 is 2.00 bits per heavy atom. The maximum Gasteiger partial charge on any atom is 0.0842 e. The lowest BCUT2D eigenvalue weighted by Crippen LogP contribution is -2.27. The van der Waals surface area contributed by atoms with E-state index < -0.39 is 0 Å². The Labute approximate surface area is 104 Å². The van der Waals surface area contributed by atoms with Crippen molar-refractivity contribution in [1.29, 1.82) is 0 Å². The van der Waals surface area contributed by atoms with Gasteiger partial charge in [0, 0.05) is 13.0 Å². The van der Waals surface area contributed by atoms with Gasteiger partial charge in [-0.05, 0) is 29.9 Å². The van der Waals surface area contributed by atoms with E-state index in [-0.39, 0.29) is 12.2 Å². The standard InChI is InChI=1S/C15H22O2/c1-11(2)13-7-5-12(6-8-13)10-14(16)15-4-3-9-17-15/h5-8,11,14-16H,3-4,9-10H2,1-2H3. The molecule has 1 N–H and O–H groups in total. The van der Waals surface area contributed by atoms with E-state index in [9.17, 15) is 5.11 Å². The van der Waals surface area contributed by atoms with Crippen LogP contribution in [0.5, 0.6) is 0 Å². The molecule has 0 aromatic heterocycles. The maximum atomic E-state index is 10.1. The zero-order chi connectivity index (χ0) is 12.3. The Balaban J connectivity index is 1.93. The Bertz CT molecular complexity index is 336. The van der Waals surface area contributed by atoms with E-state index in [2.05, 4.69) is 38.1 Å². The molecule has 0 saturated carbocycles. The SMILES string of the molecule is CC(C)c1ccc(CC(O)C2CCCO2)cc1. The van der Waals surface area contributed by atoms with Crippen LogP contribution in [0.1, 0.15) is 43.7 Å². The summed E-state index contributed by atoms with van der Waals surface area (Å²) in [7, 11) is 0. The van der Waals surface area contributed by atoms with Gasteiger partial charge in [-0.1, -0.05) is 38.1 Å². The summed E-state index contributed by atoms with van der Waals surface area (Å²) in [5.41, 5.74) is 2.54. The summed E-state index contributed by atoms with van der Waals surface area (Å²) in [5.74, 6) is 0.562. The number of aliphatic hydroxyl groups excluding tert-OH is 1. The Morgan fingerprint density at radius 1 is 1.29 bits per heavy atom. The first kappa shape index (κ1) is 12.6. The Kier molecular flexibility index (Phi) is 4.19. The lowest BCUT2D eigenvalue weighted by molar-refractivity contribution is -0.000773. The molecule has 2 heteroatoms. The molecule has 1 heterocycles. The molecule has 1 aromatic carbocycles. The van der Waals surface area contributed by atoms with Crippen molar-refractivity contribution < 1.29 is 9.84 Å². The minimum absolute atomic E-state index is 0.0415. The largest absolute Gasteiger partial charge is 0.390 e. The zero-order valence-electron chi connectivity index (χ0n) is 10.7. The Hall–Kier alpha value is -0.860. The van der Waals surface area contributed by atoms with Crippen LogP contribution in [0.15, 0.2) is 24.3 Å². The fraction of sp³-hybridized carbons (Fsp3) is 0.600. The van der Waals surface area contributed by atoms with Crippen LogP contribution in [0, 0.1) is 0 Å². The highest BCUT2D eigenvalue weighted by atomic mass is 16.5. The summed E-state index contributed by atoms with van der Waals surface area (Å²) in [5, 5.41) is 10.1. The van der Waals surface area contributed by atoms with E-state index in [1.165, 1.54) is 11.1 Å². The number of ether oxygens (including phenoxy) is 1. The van der Waals surface area contributed by atoms with Crippen molar-refractivity contribution in [2.24, 2.45) is 0 Å². The van der Waals surface area contributed by atoms with Gasteiger partial charge in [0.2, 0.25) is 0 Å². The van der Waals surface area contributed by atoms with E-state index in [0.29, 0.717) is 12.3 Å². The molecule has 1 aliphatic heterocycles. The fourth-order valence-electron chi connectivity index (χ4n) is 2.32. The number of hydrogen-bond acceptors (Lipinski definition) is 2. The van der Waals surface area contributed by atoms with E-state index in [1.54, 1.807) is 0 Å². The molecule has 0 aliphatic carbocycles. The molecule has 0 amide bonds. The van der Waals surface area contributed by atoms with Gasteiger partial charge in [-0.2, -0.15) is 0 Å². The van der Waals surface area contributed by atoms with Crippen molar-refractivity contribution in [3.8, 4) is 0 Å². The predicted octanol–water partition coefficient (Wildman–Crippen LogP) is 2.89. The summed E-state index contributed by atoms with van der Waals surface area (Å²) in [6.07, 6.45) is 2.45. The van der Waals surface area contributed by atoms with E-state index in [1.807, 2.05) is 0 Å². The molecule has 0 radical (unpaired) electrons.